The van der Waals surface area contributed by atoms with Crippen LogP contribution in [0.2, 0.25) is 5.02 Å². The molecule has 2 aromatic rings. The molecule has 36 heavy (non-hydrogen) atoms. The van der Waals surface area contributed by atoms with Crippen molar-refractivity contribution in [3.63, 3.8) is 0 Å². The molecule has 2 aromatic carbocycles. The second-order valence-corrected chi connectivity index (χ2v) is 11.6. The minimum absolute atomic E-state index is 0.130. The van der Waals surface area contributed by atoms with E-state index in [0.29, 0.717) is 35.9 Å². The average molecular weight is 531 g/mol. The van der Waals surface area contributed by atoms with Crippen LogP contribution in [0.3, 0.4) is 0 Å². The number of para-hydroxylation sites is 1. The van der Waals surface area contributed by atoms with Gasteiger partial charge in [0.25, 0.3) is 15.9 Å². The number of rotatable bonds is 6. The maximum absolute atomic E-state index is 13.1. The first-order valence-corrected chi connectivity index (χ1v) is 14.3. The lowest BCUT2D eigenvalue weighted by Gasteiger charge is -2.37. The van der Waals surface area contributed by atoms with Gasteiger partial charge in [-0.1, -0.05) is 23.7 Å². The van der Waals surface area contributed by atoms with Gasteiger partial charge >= 0.3 is 0 Å². The number of sulfonamides is 1. The number of carbonyl (C=O) groups is 1. The monoisotopic (exact) mass is 530 g/mol. The van der Waals surface area contributed by atoms with Crippen LogP contribution in [0.25, 0.3) is 0 Å². The zero-order valence-electron chi connectivity index (χ0n) is 20.2. The highest BCUT2D eigenvalue weighted by Gasteiger charge is 2.27. The van der Waals surface area contributed by atoms with E-state index in [2.05, 4.69) is 14.6 Å². The first kappa shape index (κ1) is 25.2. The van der Waals surface area contributed by atoms with Crippen molar-refractivity contribution in [1.82, 2.24) is 9.80 Å². The third-order valence-electron chi connectivity index (χ3n) is 7.10. The average Bonchev–Trinajstić information content (AvgIpc) is 2.89. The fourth-order valence-electron chi connectivity index (χ4n) is 5.07. The van der Waals surface area contributed by atoms with Gasteiger partial charge in [0.05, 0.1) is 22.0 Å². The van der Waals surface area contributed by atoms with Crippen LogP contribution in [-0.2, 0) is 21.2 Å². The summed E-state index contributed by atoms with van der Waals surface area (Å²) in [4.78, 5) is 21.8. The molecule has 192 valence electrons. The normalized spacial score (nSPS) is 19.2. The van der Waals surface area contributed by atoms with Crippen LogP contribution in [0.15, 0.2) is 46.3 Å². The molecular formula is C26H31ClN4O4S. The smallest absolute Gasteiger partial charge is 0.264 e. The molecule has 5 rings (SSSR count). The quantitative estimate of drug-likeness (QED) is 0.610. The molecule has 0 radical (unpaired) electrons. The van der Waals surface area contributed by atoms with Crippen LogP contribution < -0.4 is 4.72 Å². The van der Waals surface area contributed by atoms with Crippen molar-refractivity contribution in [2.24, 2.45) is 10.9 Å². The number of ether oxygens (including phenoxy) is 1. The number of anilines is 1. The molecule has 3 heterocycles. The standard InChI is InChI=1S/C26H31ClN4O4S/c27-23-17-21(29-36(33,34)24-5-1-3-20-4-2-10-28-25(20)24)6-7-22(23)26(32)31-13-11-30(12-14-31)18-19-8-15-35-16-9-19/h1,3,5-7,10,17,19,29H,2,4,8-9,11-16,18H2. The number of halogens is 1. The summed E-state index contributed by atoms with van der Waals surface area (Å²) in [5, 5.41) is 0.220. The van der Waals surface area contributed by atoms with Gasteiger partial charge in [0, 0.05) is 52.2 Å². The van der Waals surface area contributed by atoms with E-state index in [1.807, 2.05) is 11.0 Å². The molecule has 0 atom stereocenters. The van der Waals surface area contributed by atoms with Crippen LogP contribution >= 0.6 is 11.6 Å². The number of piperazine rings is 1. The van der Waals surface area contributed by atoms with Gasteiger partial charge in [-0.2, -0.15) is 0 Å². The Morgan fingerprint density at radius 3 is 2.64 bits per heavy atom. The summed E-state index contributed by atoms with van der Waals surface area (Å²) in [7, 11) is -3.87. The van der Waals surface area contributed by atoms with Gasteiger partial charge in [-0.15, -0.1) is 0 Å². The number of hydrogen-bond donors (Lipinski definition) is 1. The van der Waals surface area contributed by atoms with Crippen molar-refractivity contribution >= 4 is 45.1 Å². The summed E-state index contributed by atoms with van der Waals surface area (Å²) in [5.74, 6) is 0.534. The van der Waals surface area contributed by atoms with Crippen LogP contribution in [0.5, 0.6) is 0 Å². The van der Waals surface area contributed by atoms with Crippen molar-refractivity contribution < 1.29 is 17.9 Å². The molecule has 2 fully saturated rings. The molecule has 3 aliphatic rings. The van der Waals surface area contributed by atoms with Gasteiger partial charge in [0.15, 0.2) is 0 Å². The van der Waals surface area contributed by atoms with Crippen molar-refractivity contribution in [3.05, 3.63) is 52.5 Å². The van der Waals surface area contributed by atoms with E-state index >= 15 is 0 Å². The topological polar surface area (TPSA) is 91.3 Å². The SMILES string of the molecule is O=C(c1ccc(NS(=O)(=O)c2cccc3c2N=CCC3)cc1Cl)N1CCN(CC2CCOCC2)CC1. The van der Waals surface area contributed by atoms with Crippen LogP contribution in [0.1, 0.15) is 35.2 Å². The second-order valence-electron chi connectivity index (χ2n) is 9.56. The largest absolute Gasteiger partial charge is 0.381 e. The highest BCUT2D eigenvalue weighted by Crippen LogP contribution is 2.33. The van der Waals surface area contributed by atoms with Crippen molar-refractivity contribution in [2.75, 3.05) is 50.7 Å². The number of hydrogen-bond acceptors (Lipinski definition) is 6. The molecule has 0 saturated carbocycles. The Hall–Kier alpha value is -2.46. The number of fused-ring (bicyclic) bond motifs is 1. The third kappa shape index (κ3) is 5.59. The molecule has 8 nitrogen and oxygen atoms in total. The fourth-order valence-corrected chi connectivity index (χ4v) is 6.57. The molecule has 0 aromatic heterocycles. The summed E-state index contributed by atoms with van der Waals surface area (Å²) in [6.07, 6.45) is 5.49. The van der Waals surface area contributed by atoms with Crippen molar-refractivity contribution in [2.45, 2.75) is 30.6 Å². The molecule has 3 aliphatic heterocycles. The Labute approximate surface area is 217 Å². The van der Waals surface area contributed by atoms with E-state index in [4.69, 9.17) is 16.3 Å². The van der Waals surface area contributed by atoms with Gasteiger partial charge in [0.2, 0.25) is 0 Å². The Morgan fingerprint density at radius 2 is 1.89 bits per heavy atom. The maximum atomic E-state index is 13.1. The maximum Gasteiger partial charge on any atom is 0.264 e. The zero-order valence-corrected chi connectivity index (χ0v) is 21.7. The molecule has 2 saturated heterocycles. The Bertz CT molecular complexity index is 1250. The van der Waals surface area contributed by atoms with E-state index in [1.54, 1.807) is 30.5 Å². The van der Waals surface area contributed by atoms with Crippen LogP contribution in [0.4, 0.5) is 11.4 Å². The number of carbonyl (C=O) groups excluding carboxylic acids is 1. The first-order chi connectivity index (χ1) is 17.4. The molecule has 1 N–H and O–H groups in total. The van der Waals surface area contributed by atoms with E-state index in [0.717, 1.165) is 64.1 Å². The molecule has 0 bridgehead atoms. The van der Waals surface area contributed by atoms with Gasteiger partial charge < -0.3 is 9.64 Å². The summed E-state index contributed by atoms with van der Waals surface area (Å²) in [6.45, 7) is 5.70. The van der Waals surface area contributed by atoms with E-state index < -0.39 is 10.0 Å². The van der Waals surface area contributed by atoms with Gasteiger partial charge in [-0.05, 0) is 61.4 Å². The summed E-state index contributed by atoms with van der Waals surface area (Å²) < 4.78 is 34.3. The lowest BCUT2D eigenvalue weighted by atomic mass is 9.99. The predicted octanol–water partition coefficient (Wildman–Crippen LogP) is 3.97. The van der Waals surface area contributed by atoms with Gasteiger partial charge in [-0.25, -0.2) is 8.42 Å². The number of aryl methyl sites for hydroxylation is 1. The second kappa shape index (κ2) is 10.9. The lowest BCUT2D eigenvalue weighted by molar-refractivity contribution is 0.0393. The Morgan fingerprint density at radius 1 is 1.11 bits per heavy atom. The number of aliphatic imine (C=N–C) groups is 1. The number of nitrogens with one attached hydrogen (secondary N) is 1. The van der Waals surface area contributed by atoms with Crippen LogP contribution in [-0.4, -0.2) is 76.3 Å². The molecular weight excluding hydrogens is 500 g/mol. The third-order valence-corrected chi connectivity index (χ3v) is 8.83. The molecule has 0 spiro atoms. The van der Waals surface area contributed by atoms with Crippen molar-refractivity contribution in [3.8, 4) is 0 Å². The zero-order chi connectivity index (χ0) is 25.1. The van der Waals surface area contributed by atoms with Gasteiger partial charge in [0.1, 0.15) is 4.90 Å². The number of nitrogens with zero attached hydrogens (tertiary/aromatic N) is 3. The fraction of sp³-hybridized carbons (Fsp3) is 0.462. The summed E-state index contributed by atoms with van der Waals surface area (Å²) in [5.41, 5.74) is 2.06. The van der Waals surface area contributed by atoms with E-state index in [9.17, 15) is 13.2 Å². The van der Waals surface area contributed by atoms with Crippen molar-refractivity contribution in [1.29, 1.82) is 0 Å². The minimum atomic E-state index is -3.87. The molecule has 10 heteroatoms. The first-order valence-electron chi connectivity index (χ1n) is 12.5. The molecule has 1 amide bonds. The van der Waals surface area contributed by atoms with Gasteiger partial charge in [-0.3, -0.25) is 19.4 Å². The molecule has 0 unspecified atom stereocenters. The lowest BCUT2D eigenvalue weighted by Crippen LogP contribution is -2.50. The summed E-state index contributed by atoms with van der Waals surface area (Å²) in [6, 6.07) is 9.84. The highest BCUT2D eigenvalue weighted by molar-refractivity contribution is 7.92. The Kier molecular flexibility index (Phi) is 7.62. The minimum Gasteiger partial charge on any atom is -0.381 e. The van der Waals surface area contributed by atoms with E-state index in [1.165, 1.54) is 6.07 Å². The number of amides is 1. The van der Waals surface area contributed by atoms with Crippen LogP contribution in [0, 0.1) is 5.92 Å². The molecule has 0 aliphatic carbocycles. The summed E-state index contributed by atoms with van der Waals surface area (Å²) >= 11 is 6.46. The Balaban J connectivity index is 1.23. The number of benzene rings is 2. The predicted molar refractivity (Wildman–Crippen MR) is 141 cm³/mol. The van der Waals surface area contributed by atoms with E-state index in [-0.39, 0.29) is 15.8 Å². The highest BCUT2D eigenvalue weighted by atomic mass is 35.5.